The molecule has 30 heavy (non-hydrogen) atoms. The van der Waals surface area contributed by atoms with Gasteiger partial charge in [0.1, 0.15) is 0 Å². The van der Waals surface area contributed by atoms with Gasteiger partial charge >= 0.3 is 6.18 Å². The molecule has 0 aliphatic heterocycles. The number of hydrogen-bond donors (Lipinski definition) is 1. The Labute approximate surface area is 178 Å². The van der Waals surface area contributed by atoms with E-state index < -0.39 is 17.9 Å². The Kier molecular flexibility index (Phi) is 5.17. The highest BCUT2D eigenvalue weighted by atomic mass is 35.5. The maximum absolute atomic E-state index is 13.5. The molecule has 0 bridgehead atoms. The number of para-hydroxylation sites is 2. The van der Waals surface area contributed by atoms with Crippen LogP contribution in [0.15, 0.2) is 66.7 Å². The SMILES string of the molecule is O=C(Nc1ccc(-n2c(C(F)(F)F)nc3ccccc32)cc1)c1cccc(Cl)c1Cl. The molecule has 1 heterocycles. The van der Waals surface area contributed by atoms with Gasteiger partial charge in [-0.25, -0.2) is 4.98 Å². The number of imidazole rings is 1. The summed E-state index contributed by atoms with van der Waals surface area (Å²) in [4.78, 5) is 16.2. The number of halogens is 5. The average Bonchev–Trinajstić information content (AvgIpc) is 3.11. The predicted molar refractivity (Wildman–Crippen MR) is 110 cm³/mol. The highest BCUT2D eigenvalue weighted by Gasteiger charge is 2.38. The molecule has 0 saturated carbocycles. The van der Waals surface area contributed by atoms with Gasteiger partial charge in [0.25, 0.3) is 5.91 Å². The Morgan fingerprint density at radius 2 is 1.63 bits per heavy atom. The molecule has 3 aromatic carbocycles. The van der Waals surface area contributed by atoms with E-state index >= 15 is 0 Å². The number of aromatic nitrogens is 2. The van der Waals surface area contributed by atoms with E-state index in [9.17, 15) is 18.0 Å². The molecule has 1 amide bonds. The lowest BCUT2D eigenvalue weighted by atomic mass is 10.2. The number of carbonyl (C=O) groups excluding carboxylic acids is 1. The Hall–Kier alpha value is -3.03. The van der Waals surface area contributed by atoms with Crippen molar-refractivity contribution in [1.82, 2.24) is 9.55 Å². The summed E-state index contributed by atoms with van der Waals surface area (Å²) >= 11 is 12.0. The van der Waals surface area contributed by atoms with Crippen molar-refractivity contribution < 1.29 is 18.0 Å². The third-order valence-corrected chi connectivity index (χ3v) is 5.21. The van der Waals surface area contributed by atoms with Crippen LogP contribution in [0, 0.1) is 0 Å². The van der Waals surface area contributed by atoms with Crippen molar-refractivity contribution in [2.24, 2.45) is 0 Å². The van der Waals surface area contributed by atoms with Gasteiger partial charge in [0, 0.05) is 11.4 Å². The second kappa shape index (κ2) is 7.66. The van der Waals surface area contributed by atoms with E-state index in [1.165, 1.54) is 36.4 Å². The van der Waals surface area contributed by atoms with E-state index in [1.807, 2.05) is 0 Å². The highest BCUT2D eigenvalue weighted by molar-refractivity contribution is 6.44. The molecule has 0 fully saturated rings. The summed E-state index contributed by atoms with van der Waals surface area (Å²) < 4.78 is 41.6. The standard InChI is InChI=1S/C21H12Cl2F3N3O/c22-15-5-3-4-14(18(15)23)19(30)27-12-8-10-13(11-9-12)29-17-7-2-1-6-16(17)28-20(29)21(24,25)26/h1-11H,(H,27,30). The third kappa shape index (κ3) is 3.74. The smallest absolute Gasteiger partial charge is 0.322 e. The minimum absolute atomic E-state index is 0.119. The van der Waals surface area contributed by atoms with Crippen LogP contribution in [0.25, 0.3) is 16.7 Å². The monoisotopic (exact) mass is 449 g/mol. The number of alkyl halides is 3. The van der Waals surface area contributed by atoms with Crippen molar-refractivity contribution in [3.63, 3.8) is 0 Å². The molecular formula is C21H12Cl2F3N3O. The maximum atomic E-state index is 13.5. The van der Waals surface area contributed by atoms with E-state index in [0.717, 1.165) is 4.57 Å². The quantitative estimate of drug-likeness (QED) is 0.382. The molecule has 0 unspecified atom stereocenters. The fourth-order valence-electron chi connectivity index (χ4n) is 3.05. The van der Waals surface area contributed by atoms with Gasteiger partial charge in [-0.2, -0.15) is 13.2 Å². The van der Waals surface area contributed by atoms with Crippen LogP contribution in [-0.2, 0) is 6.18 Å². The molecule has 1 N–H and O–H groups in total. The zero-order chi connectivity index (χ0) is 21.5. The van der Waals surface area contributed by atoms with Crippen LogP contribution in [0.2, 0.25) is 10.0 Å². The highest BCUT2D eigenvalue weighted by Crippen LogP contribution is 2.34. The number of nitrogens with zero attached hydrogens (tertiary/aromatic N) is 2. The summed E-state index contributed by atoms with van der Waals surface area (Å²) in [6.45, 7) is 0. The first kappa shape index (κ1) is 20.3. The van der Waals surface area contributed by atoms with Crippen molar-refractivity contribution in [2.45, 2.75) is 6.18 Å². The van der Waals surface area contributed by atoms with Crippen LogP contribution in [0.1, 0.15) is 16.2 Å². The summed E-state index contributed by atoms with van der Waals surface area (Å²) in [5.41, 5.74) is 1.39. The topological polar surface area (TPSA) is 46.9 Å². The van der Waals surface area contributed by atoms with E-state index in [2.05, 4.69) is 10.3 Å². The van der Waals surface area contributed by atoms with Gasteiger partial charge in [0.15, 0.2) is 0 Å². The number of rotatable bonds is 3. The number of fused-ring (bicyclic) bond motifs is 1. The van der Waals surface area contributed by atoms with Crippen molar-refractivity contribution in [1.29, 1.82) is 0 Å². The summed E-state index contributed by atoms with van der Waals surface area (Å²) in [5, 5.41) is 3.01. The van der Waals surface area contributed by atoms with E-state index in [0.29, 0.717) is 11.2 Å². The Bertz CT molecular complexity index is 1250. The minimum Gasteiger partial charge on any atom is -0.322 e. The first-order chi connectivity index (χ1) is 14.3. The second-order valence-corrected chi connectivity index (χ2v) is 7.14. The summed E-state index contributed by atoms with van der Waals surface area (Å²) in [6.07, 6.45) is -4.63. The molecule has 0 aliphatic rings. The van der Waals surface area contributed by atoms with E-state index in [-0.39, 0.29) is 26.8 Å². The molecule has 4 nitrogen and oxygen atoms in total. The summed E-state index contributed by atoms with van der Waals surface area (Å²) in [5.74, 6) is -1.51. The van der Waals surface area contributed by atoms with E-state index in [4.69, 9.17) is 23.2 Å². The third-order valence-electron chi connectivity index (χ3n) is 4.39. The molecule has 9 heteroatoms. The largest absolute Gasteiger partial charge is 0.450 e. The van der Waals surface area contributed by atoms with Gasteiger partial charge in [-0.05, 0) is 48.5 Å². The Balaban J connectivity index is 1.68. The lowest BCUT2D eigenvalue weighted by Crippen LogP contribution is -2.14. The normalized spacial score (nSPS) is 11.6. The first-order valence-corrected chi connectivity index (χ1v) is 9.42. The van der Waals surface area contributed by atoms with Gasteiger partial charge < -0.3 is 5.32 Å². The molecule has 0 aliphatic carbocycles. The number of hydrogen-bond acceptors (Lipinski definition) is 2. The molecule has 0 spiro atoms. The number of carbonyl (C=O) groups is 1. The van der Waals surface area contributed by atoms with Crippen molar-refractivity contribution >= 4 is 45.8 Å². The number of benzene rings is 3. The van der Waals surface area contributed by atoms with Crippen LogP contribution in [-0.4, -0.2) is 15.5 Å². The zero-order valence-corrected chi connectivity index (χ0v) is 16.6. The van der Waals surface area contributed by atoms with Gasteiger partial charge in [-0.3, -0.25) is 9.36 Å². The van der Waals surface area contributed by atoms with Gasteiger partial charge in [0.2, 0.25) is 5.82 Å². The average molecular weight is 450 g/mol. The molecule has 4 aromatic rings. The molecule has 152 valence electrons. The lowest BCUT2D eigenvalue weighted by molar-refractivity contribution is -0.145. The van der Waals surface area contributed by atoms with Crippen molar-refractivity contribution in [3.8, 4) is 5.69 Å². The predicted octanol–water partition coefficient (Wildman–Crippen LogP) is 6.60. The fraction of sp³-hybridized carbons (Fsp3) is 0.0476. The molecule has 4 rings (SSSR count). The Morgan fingerprint density at radius 1 is 0.933 bits per heavy atom. The summed E-state index contributed by atoms with van der Waals surface area (Å²) in [6, 6.07) is 17.0. The first-order valence-electron chi connectivity index (χ1n) is 8.66. The zero-order valence-electron chi connectivity index (χ0n) is 15.0. The Morgan fingerprint density at radius 3 is 2.33 bits per heavy atom. The molecule has 0 atom stereocenters. The maximum Gasteiger partial charge on any atom is 0.450 e. The van der Waals surface area contributed by atoms with Gasteiger partial charge in [-0.15, -0.1) is 0 Å². The molecular weight excluding hydrogens is 438 g/mol. The van der Waals surface area contributed by atoms with Crippen LogP contribution in [0.4, 0.5) is 18.9 Å². The number of amides is 1. The summed E-state index contributed by atoms with van der Waals surface area (Å²) in [7, 11) is 0. The van der Waals surface area contributed by atoms with Crippen LogP contribution >= 0.6 is 23.2 Å². The molecule has 0 saturated heterocycles. The van der Waals surface area contributed by atoms with Crippen molar-refractivity contribution in [3.05, 3.63) is 88.2 Å². The fourth-order valence-corrected chi connectivity index (χ4v) is 3.44. The van der Waals surface area contributed by atoms with Crippen LogP contribution in [0.5, 0.6) is 0 Å². The van der Waals surface area contributed by atoms with E-state index in [1.54, 1.807) is 30.3 Å². The molecule has 1 aromatic heterocycles. The van der Waals surface area contributed by atoms with Gasteiger partial charge in [0.05, 0.1) is 26.6 Å². The number of nitrogens with one attached hydrogen (secondary N) is 1. The minimum atomic E-state index is -4.63. The van der Waals surface area contributed by atoms with Crippen LogP contribution < -0.4 is 5.32 Å². The number of anilines is 1. The lowest BCUT2D eigenvalue weighted by Gasteiger charge is -2.13. The van der Waals surface area contributed by atoms with Gasteiger partial charge in [-0.1, -0.05) is 41.4 Å². The second-order valence-electron chi connectivity index (χ2n) is 6.36. The van der Waals surface area contributed by atoms with Crippen molar-refractivity contribution in [2.75, 3.05) is 5.32 Å². The van der Waals surface area contributed by atoms with Crippen LogP contribution in [0.3, 0.4) is 0 Å². The molecule has 0 radical (unpaired) electrons.